The molecule has 8 nitrogen and oxygen atoms in total. The van der Waals surface area contributed by atoms with Crippen molar-refractivity contribution in [3.8, 4) is 0 Å². The molecule has 0 saturated carbocycles. The average Bonchev–Trinajstić information content (AvgIpc) is 2.97. The predicted molar refractivity (Wildman–Crippen MR) is 98.9 cm³/mol. The highest BCUT2D eigenvalue weighted by Crippen LogP contribution is 2.19. The minimum absolute atomic E-state index is 0.0712. The second-order valence-electron chi connectivity index (χ2n) is 6.12. The number of pyridine rings is 1. The summed E-state index contributed by atoms with van der Waals surface area (Å²) in [5, 5.41) is 12.9. The van der Waals surface area contributed by atoms with E-state index in [1.165, 1.54) is 11.8 Å². The minimum Gasteiger partial charge on any atom is -0.480 e. The largest absolute Gasteiger partial charge is 0.480 e. The first-order chi connectivity index (χ1) is 13.0. The number of hydrogen-bond acceptors (Lipinski definition) is 6. The molecule has 1 unspecified atom stereocenters. The normalized spacial score (nSPS) is 15.0. The van der Waals surface area contributed by atoms with Crippen LogP contribution in [-0.4, -0.2) is 57.0 Å². The van der Waals surface area contributed by atoms with Crippen LogP contribution in [0.15, 0.2) is 29.4 Å². The van der Waals surface area contributed by atoms with Gasteiger partial charge in [-0.15, -0.1) is 11.8 Å². The van der Waals surface area contributed by atoms with Crippen molar-refractivity contribution in [1.82, 2.24) is 15.2 Å². The number of carboxylic acid groups (broad SMARTS) is 1. The molecule has 2 heterocycles. The van der Waals surface area contributed by atoms with E-state index in [4.69, 9.17) is 0 Å². The van der Waals surface area contributed by atoms with Gasteiger partial charge < -0.3 is 10.4 Å². The van der Waals surface area contributed by atoms with Gasteiger partial charge in [0.15, 0.2) is 0 Å². The van der Waals surface area contributed by atoms with E-state index in [0.29, 0.717) is 31.6 Å². The number of unbranched alkanes of at least 4 members (excludes halogenated alkanes) is 1. The van der Waals surface area contributed by atoms with Crippen molar-refractivity contribution in [3.63, 3.8) is 0 Å². The Labute approximate surface area is 161 Å². The summed E-state index contributed by atoms with van der Waals surface area (Å²) < 4.78 is 0. The molecule has 2 N–H and O–H groups in total. The zero-order chi connectivity index (χ0) is 19.6. The lowest BCUT2D eigenvalue weighted by atomic mass is 10.1. The molecule has 1 aromatic rings. The molecule has 0 aliphatic carbocycles. The first-order valence-corrected chi connectivity index (χ1v) is 9.86. The lowest BCUT2D eigenvalue weighted by molar-refractivity contribution is -0.154. The molecule has 146 valence electrons. The second kappa shape index (κ2) is 10.7. The SMILES string of the molecule is O=C(CCSc1ccccn1)NCCCCC(C(=O)O)N1C(=O)CCC1=O. The summed E-state index contributed by atoms with van der Waals surface area (Å²) in [5.74, 6) is -1.46. The van der Waals surface area contributed by atoms with Crippen molar-refractivity contribution in [2.45, 2.75) is 49.6 Å². The van der Waals surface area contributed by atoms with Crippen LogP contribution in [0.25, 0.3) is 0 Å². The van der Waals surface area contributed by atoms with Gasteiger partial charge in [-0.05, 0) is 31.4 Å². The molecular weight excluding hydrogens is 370 g/mol. The van der Waals surface area contributed by atoms with Crippen molar-refractivity contribution in [1.29, 1.82) is 0 Å². The number of likely N-dealkylation sites (tertiary alicyclic amines) is 1. The van der Waals surface area contributed by atoms with E-state index in [-0.39, 0.29) is 25.2 Å². The maximum atomic E-state index is 11.8. The van der Waals surface area contributed by atoms with Crippen molar-refractivity contribution in [2.24, 2.45) is 0 Å². The summed E-state index contributed by atoms with van der Waals surface area (Å²) in [7, 11) is 0. The Kier molecular flexibility index (Phi) is 8.25. The van der Waals surface area contributed by atoms with Gasteiger partial charge in [0.05, 0.1) is 5.03 Å². The van der Waals surface area contributed by atoms with Crippen LogP contribution < -0.4 is 5.32 Å². The molecule has 1 saturated heterocycles. The lowest BCUT2D eigenvalue weighted by Gasteiger charge is -2.22. The molecule has 0 spiro atoms. The van der Waals surface area contributed by atoms with Crippen molar-refractivity contribution in [2.75, 3.05) is 12.3 Å². The van der Waals surface area contributed by atoms with E-state index in [9.17, 15) is 24.3 Å². The molecule has 0 radical (unpaired) electrons. The fraction of sp³-hybridized carbons (Fsp3) is 0.500. The molecule has 1 aliphatic heterocycles. The second-order valence-corrected chi connectivity index (χ2v) is 7.24. The number of carboxylic acids is 1. The fourth-order valence-corrected chi connectivity index (χ4v) is 3.57. The number of thioether (sulfide) groups is 1. The highest BCUT2D eigenvalue weighted by atomic mass is 32.2. The van der Waals surface area contributed by atoms with E-state index < -0.39 is 23.8 Å². The van der Waals surface area contributed by atoms with Crippen LogP contribution in [0.3, 0.4) is 0 Å². The summed E-state index contributed by atoms with van der Waals surface area (Å²) in [6.45, 7) is 0.432. The van der Waals surface area contributed by atoms with Gasteiger partial charge >= 0.3 is 5.97 Å². The molecule has 1 aromatic heterocycles. The summed E-state index contributed by atoms with van der Waals surface area (Å²) in [4.78, 5) is 51.6. The topological polar surface area (TPSA) is 117 Å². The van der Waals surface area contributed by atoms with Gasteiger partial charge in [0.2, 0.25) is 17.7 Å². The zero-order valence-corrected chi connectivity index (χ0v) is 15.7. The van der Waals surface area contributed by atoms with Gasteiger partial charge in [0.25, 0.3) is 0 Å². The summed E-state index contributed by atoms with van der Waals surface area (Å²) in [5.41, 5.74) is 0. The highest BCUT2D eigenvalue weighted by Gasteiger charge is 2.38. The van der Waals surface area contributed by atoms with Crippen LogP contribution in [0.1, 0.15) is 38.5 Å². The van der Waals surface area contributed by atoms with Crippen LogP contribution >= 0.6 is 11.8 Å². The third-order valence-corrected chi connectivity index (χ3v) is 5.08. The van der Waals surface area contributed by atoms with Gasteiger partial charge in [-0.2, -0.15) is 0 Å². The molecule has 1 atom stereocenters. The number of hydrogen-bond donors (Lipinski definition) is 2. The quantitative estimate of drug-likeness (QED) is 0.332. The molecule has 3 amide bonds. The predicted octanol–water partition coefficient (Wildman–Crippen LogP) is 1.45. The van der Waals surface area contributed by atoms with E-state index >= 15 is 0 Å². The maximum absolute atomic E-state index is 11.8. The van der Waals surface area contributed by atoms with Gasteiger partial charge in [-0.1, -0.05) is 6.07 Å². The zero-order valence-electron chi connectivity index (χ0n) is 14.9. The molecule has 0 bridgehead atoms. The van der Waals surface area contributed by atoms with Gasteiger partial charge in [-0.3, -0.25) is 19.3 Å². The Balaban J connectivity index is 1.61. The monoisotopic (exact) mass is 393 g/mol. The number of carbonyl (C=O) groups is 4. The molecule has 0 aromatic carbocycles. The number of nitrogens with zero attached hydrogens (tertiary/aromatic N) is 2. The number of rotatable bonds is 11. The number of nitrogens with one attached hydrogen (secondary N) is 1. The maximum Gasteiger partial charge on any atom is 0.326 e. The number of amides is 3. The molecule has 9 heteroatoms. The lowest BCUT2D eigenvalue weighted by Crippen LogP contribution is -2.44. The Morgan fingerprint density at radius 1 is 1.22 bits per heavy atom. The molecule has 2 rings (SSSR count). The molecular formula is C18H23N3O5S. The van der Waals surface area contributed by atoms with Gasteiger partial charge in [-0.25, -0.2) is 9.78 Å². The summed E-state index contributed by atoms with van der Waals surface area (Å²) in [6, 6.07) is 4.50. The Bertz CT molecular complexity index is 667. The fourth-order valence-electron chi connectivity index (χ4n) is 2.76. The standard InChI is InChI=1S/C18H23N3O5S/c22-14(9-12-27-15-6-2-4-11-20-15)19-10-3-1-5-13(18(25)26)21-16(23)7-8-17(21)24/h2,4,6,11,13H,1,3,5,7-10,12H2,(H,19,22)(H,25,26). The van der Waals surface area contributed by atoms with Crippen molar-refractivity contribution < 1.29 is 24.3 Å². The van der Waals surface area contributed by atoms with E-state index in [0.717, 1.165) is 9.93 Å². The summed E-state index contributed by atoms with van der Waals surface area (Å²) in [6.07, 6.45) is 3.50. The van der Waals surface area contributed by atoms with E-state index in [1.54, 1.807) is 6.20 Å². The summed E-state index contributed by atoms with van der Waals surface area (Å²) >= 11 is 1.51. The molecule has 1 fully saturated rings. The average molecular weight is 393 g/mol. The Morgan fingerprint density at radius 2 is 1.96 bits per heavy atom. The van der Waals surface area contributed by atoms with Gasteiger partial charge in [0, 0.05) is 37.8 Å². The van der Waals surface area contributed by atoms with Crippen LogP contribution in [0, 0.1) is 0 Å². The van der Waals surface area contributed by atoms with Crippen LogP contribution in [0.4, 0.5) is 0 Å². The number of imide groups is 1. The van der Waals surface area contributed by atoms with Crippen LogP contribution in [0.5, 0.6) is 0 Å². The van der Waals surface area contributed by atoms with Crippen molar-refractivity contribution in [3.05, 3.63) is 24.4 Å². The highest BCUT2D eigenvalue weighted by molar-refractivity contribution is 7.99. The van der Waals surface area contributed by atoms with Crippen LogP contribution in [-0.2, 0) is 19.2 Å². The third-order valence-electron chi connectivity index (χ3n) is 4.13. The smallest absolute Gasteiger partial charge is 0.326 e. The number of aliphatic carboxylic acids is 1. The molecule has 27 heavy (non-hydrogen) atoms. The van der Waals surface area contributed by atoms with E-state index in [1.807, 2.05) is 18.2 Å². The minimum atomic E-state index is -1.17. The van der Waals surface area contributed by atoms with Crippen molar-refractivity contribution >= 4 is 35.5 Å². The number of carbonyl (C=O) groups excluding carboxylic acids is 3. The van der Waals surface area contributed by atoms with Crippen LogP contribution in [0.2, 0.25) is 0 Å². The van der Waals surface area contributed by atoms with Gasteiger partial charge in [0.1, 0.15) is 6.04 Å². The third kappa shape index (κ3) is 6.67. The first kappa shape index (κ1) is 20.9. The Morgan fingerprint density at radius 3 is 2.59 bits per heavy atom. The number of aromatic nitrogens is 1. The first-order valence-electron chi connectivity index (χ1n) is 8.87. The Hall–Kier alpha value is -2.42. The van der Waals surface area contributed by atoms with E-state index in [2.05, 4.69) is 10.3 Å². The molecule has 1 aliphatic rings.